The molecule has 1 aromatic carbocycles. The normalized spacial score (nSPS) is 13.6. The maximum Gasteiger partial charge on any atom is 0.275 e. The highest BCUT2D eigenvalue weighted by Crippen LogP contribution is 2.26. The van der Waals surface area contributed by atoms with Crippen molar-refractivity contribution in [1.82, 2.24) is 20.1 Å². The van der Waals surface area contributed by atoms with Gasteiger partial charge in [-0.25, -0.2) is 9.37 Å². The summed E-state index contributed by atoms with van der Waals surface area (Å²) >= 11 is 1.16. The van der Waals surface area contributed by atoms with Crippen LogP contribution in [0.2, 0.25) is 0 Å². The fraction of sp³-hybridized carbons (Fsp3) is 0.222. The molecule has 0 radical (unpaired) electrons. The monoisotopic (exact) mass is 385 g/mol. The Morgan fingerprint density at radius 2 is 2.11 bits per heavy atom. The van der Waals surface area contributed by atoms with Crippen molar-refractivity contribution in [2.75, 3.05) is 11.9 Å². The Hall–Kier alpha value is -3.07. The molecule has 138 valence electrons. The van der Waals surface area contributed by atoms with Gasteiger partial charge in [0.1, 0.15) is 16.4 Å². The van der Waals surface area contributed by atoms with Gasteiger partial charge < -0.3 is 5.32 Å². The van der Waals surface area contributed by atoms with Crippen LogP contribution in [0.25, 0.3) is 11.3 Å². The Labute approximate surface area is 158 Å². The van der Waals surface area contributed by atoms with Crippen LogP contribution in [0.15, 0.2) is 30.3 Å². The molecule has 2 amide bonds. The summed E-state index contributed by atoms with van der Waals surface area (Å²) in [5.41, 5.74) is 2.33. The molecule has 1 aliphatic heterocycles. The standard InChI is InChI=1S/C18H16FN5O2S/c1-24-14(9-13(23-24)10-4-6-11(19)7-5-10)16(25)22-18-21-12-3-2-8-20-17(26)15(12)27-18/h4-7,9H,2-3,8H2,1H3,(H,20,26)(H,21,22,25). The molecule has 0 saturated heterocycles. The first-order valence-corrected chi connectivity index (χ1v) is 9.22. The minimum atomic E-state index is -0.373. The Kier molecular flexibility index (Phi) is 4.44. The molecule has 0 spiro atoms. The van der Waals surface area contributed by atoms with Crippen LogP contribution in [0.1, 0.15) is 32.3 Å². The van der Waals surface area contributed by atoms with E-state index < -0.39 is 0 Å². The van der Waals surface area contributed by atoms with Crippen molar-refractivity contribution in [2.24, 2.45) is 7.05 Å². The number of aryl methyl sites for hydroxylation is 2. The molecule has 0 unspecified atom stereocenters. The highest BCUT2D eigenvalue weighted by atomic mass is 32.1. The summed E-state index contributed by atoms with van der Waals surface area (Å²) in [7, 11) is 1.66. The van der Waals surface area contributed by atoms with E-state index in [1.807, 2.05) is 0 Å². The van der Waals surface area contributed by atoms with E-state index in [0.29, 0.717) is 45.6 Å². The lowest BCUT2D eigenvalue weighted by Crippen LogP contribution is -2.21. The van der Waals surface area contributed by atoms with Gasteiger partial charge >= 0.3 is 0 Å². The average Bonchev–Trinajstić information content (AvgIpc) is 3.18. The molecule has 0 saturated carbocycles. The van der Waals surface area contributed by atoms with Crippen LogP contribution in [0.3, 0.4) is 0 Å². The van der Waals surface area contributed by atoms with Gasteiger partial charge in [0, 0.05) is 19.2 Å². The highest BCUT2D eigenvalue weighted by molar-refractivity contribution is 7.17. The molecule has 3 heterocycles. The van der Waals surface area contributed by atoms with E-state index in [-0.39, 0.29) is 17.6 Å². The lowest BCUT2D eigenvalue weighted by Gasteiger charge is -2.01. The largest absolute Gasteiger partial charge is 0.351 e. The van der Waals surface area contributed by atoms with Crippen LogP contribution in [0, 0.1) is 5.82 Å². The number of thiazole rings is 1. The maximum atomic E-state index is 13.1. The number of hydrogen-bond acceptors (Lipinski definition) is 5. The zero-order valence-electron chi connectivity index (χ0n) is 14.5. The van der Waals surface area contributed by atoms with Crippen molar-refractivity contribution in [2.45, 2.75) is 12.8 Å². The molecule has 27 heavy (non-hydrogen) atoms. The lowest BCUT2D eigenvalue weighted by molar-refractivity contribution is 0.0958. The van der Waals surface area contributed by atoms with Crippen molar-refractivity contribution in [1.29, 1.82) is 0 Å². The smallest absolute Gasteiger partial charge is 0.275 e. The number of anilines is 1. The summed E-state index contributed by atoms with van der Waals surface area (Å²) in [6, 6.07) is 7.54. The van der Waals surface area contributed by atoms with Gasteiger partial charge in [-0.05, 0) is 43.2 Å². The Morgan fingerprint density at radius 3 is 2.89 bits per heavy atom. The van der Waals surface area contributed by atoms with Gasteiger partial charge in [-0.2, -0.15) is 5.10 Å². The minimum Gasteiger partial charge on any atom is -0.351 e. The summed E-state index contributed by atoms with van der Waals surface area (Å²) in [4.78, 5) is 29.6. The van der Waals surface area contributed by atoms with E-state index in [0.717, 1.165) is 17.8 Å². The van der Waals surface area contributed by atoms with Crippen LogP contribution >= 0.6 is 11.3 Å². The Bertz CT molecular complexity index is 1030. The number of nitrogens with zero attached hydrogens (tertiary/aromatic N) is 3. The first-order valence-electron chi connectivity index (χ1n) is 8.40. The van der Waals surface area contributed by atoms with Crippen LogP contribution in [0.4, 0.5) is 9.52 Å². The second kappa shape index (κ2) is 6.92. The van der Waals surface area contributed by atoms with E-state index in [2.05, 4.69) is 20.7 Å². The average molecular weight is 385 g/mol. The van der Waals surface area contributed by atoms with Gasteiger partial charge in [0.2, 0.25) is 0 Å². The van der Waals surface area contributed by atoms with Crippen molar-refractivity contribution in [3.05, 3.63) is 52.4 Å². The number of benzene rings is 1. The number of halogens is 1. The fourth-order valence-corrected chi connectivity index (χ4v) is 3.82. The third kappa shape index (κ3) is 3.45. The first-order chi connectivity index (χ1) is 13.0. The molecule has 0 bridgehead atoms. The summed E-state index contributed by atoms with van der Waals surface area (Å²) in [6.07, 6.45) is 1.51. The van der Waals surface area contributed by atoms with Gasteiger partial charge in [-0.1, -0.05) is 11.3 Å². The number of rotatable bonds is 3. The van der Waals surface area contributed by atoms with Crippen LogP contribution in [0.5, 0.6) is 0 Å². The number of nitrogens with one attached hydrogen (secondary N) is 2. The molecule has 0 fully saturated rings. The van der Waals surface area contributed by atoms with Crippen molar-refractivity contribution >= 4 is 28.3 Å². The van der Waals surface area contributed by atoms with Crippen molar-refractivity contribution < 1.29 is 14.0 Å². The van der Waals surface area contributed by atoms with Gasteiger partial charge in [-0.15, -0.1) is 0 Å². The number of aromatic nitrogens is 3. The highest BCUT2D eigenvalue weighted by Gasteiger charge is 2.22. The molecule has 7 nitrogen and oxygen atoms in total. The van der Waals surface area contributed by atoms with Gasteiger partial charge in [-0.3, -0.25) is 19.6 Å². The van der Waals surface area contributed by atoms with Gasteiger partial charge in [0.15, 0.2) is 5.13 Å². The SMILES string of the molecule is Cn1nc(-c2ccc(F)cc2)cc1C(=O)Nc1nc2c(s1)C(=O)NCCC2. The van der Waals surface area contributed by atoms with Crippen LogP contribution in [-0.4, -0.2) is 33.1 Å². The third-order valence-electron chi connectivity index (χ3n) is 4.25. The van der Waals surface area contributed by atoms with Crippen LogP contribution < -0.4 is 10.6 Å². The van der Waals surface area contributed by atoms with Crippen molar-refractivity contribution in [3.63, 3.8) is 0 Å². The van der Waals surface area contributed by atoms with E-state index in [9.17, 15) is 14.0 Å². The predicted molar refractivity (Wildman–Crippen MR) is 99.3 cm³/mol. The van der Waals surface area contributed by atoms with Crippen molar-refractivity contribution in [3.8, 4) is 11.3 Å². The molecule has 1 aliphatic rings. The molecule has 0 atom stereocenters. The lowest BCUT2D eigenvalue weighted by atomic mass is 10.1. The fourth-order valence-electron chi connectivity index (χ4n) is 2.89. The molecule has 2 N–H and O–H groups in total. The van der Waals surface area contributed by atoms with Gasteiger partial charge in [0.25, 0.3) is 11.8 Å². The first kappa shape index (κ1) is 17.3. The summed E-state index contributed by atoms with van der Waals surface area (Å²) in [5.74, 6) is -0.859. The second-order valence-corrected chi connectivity index (χ2v) is 7.15. The topological polar surface area (TPSA) is 88.9 Å². The summed E-state index contributed by atoms with van der Waals surface area (Å²) in [6.45, 7) is 0.630. The number of fused-ring (bicyclic) bond motifs is 1. The second-order valence-electron chi connectivity index (χ2n) is 6.15. The predicted octanol–water partition coefficient (Wildman–Crippen LogP) is 2.61. The van der Waals surface area contributed by atoms with Gasteiger partial charge in [0.05, 0.1) is 11.4 Å². The van der Waals surface area contributed by atoms with E-state index in [1.54, 1.807) is 25.2 Å². The maximum absolute atomic E-state index is 13.1. The zero-order valence-corrected chi connectivity index (χ0v) is 15.3. The minimum absolute atomic E-state index is 0.153. The summed E-state index contributed by atoms with van der Waals surface area (Å²) in [5, 5.41) is 10.2. The number of carbonyl (C=O) groups is 2. The van der Waals surface area contributed by atoms with E-state index >= 15 is 0 Å². The molecule has 3 aromatic rings. The molecule has 9 heteroatoms. The number of hydrogen-bond donors (Lipinski definition) is 2. The Balaban J connectivity index is 1.56. The quantitative estimate of drug-likeness (QED) is 0.725. The number of carbonyl (C=O) groups excluding carboxylic acids is 2. The van der Waals surface area contributed by atoms with Crippen LogP contribution in [-0.2, 0) is 13.5 Å². The molecular weight excluding hydrogens is 369 g/mol. The molecular formula is C18H16FN5O2S. The molecule has 0 aliphatic carbocycles. The summed E-state index contributed by atoms with van der Waals surface area (Å²) < 4.78 is 14.5. The molecule has 2 aromatic heterocycles. The third-order valence-corrected chi connectivity index (χ3v) is 5.26. The number of amides is 2. The Morgan fingerprint density at radius 1 is 1.33 bits per heavy atom. The van der Waals surface area contributed by atoms with E-state index in [4.69, 9.17) is 0 Å². The zero-order chi connectivity index (χ0) is 19.0. The van der Waals surface area contributed by atoms with E-state index in [1.165, 1.54) is 16.8 Å². The molecule has 4 rings (SSSR count).